The molecule has 0 aliphatic heterocycles. The van der Waals surface area contributed by atoms with Gasteiger partial charge < -0.3 is 24.3 Å². The summed E-state index contributed by atoms with van der Waals surface area (Å²) in [5.41, 5.74) is 0.517. The third kappa shape index (κ3) is 4.87. The molecule has 7 nitrogen and oxygen atoms in total. The lowest BCUT2D eigenvalue weighted by Crippen LogP contribution is -2.30. The molecule has 144 valence electrons. The Morgan fingerprint density at radius 3 is 2.00 bits per heavy atom. The summed E-state index contributed by atoms with van der Waals surface area (Å²) < 4.78 is 33.7. The predicted molar refractivity (Wildman–Crippen MR) is 96.0 cm³/mol. The number of nitrogens with one attached hydrogen (secondary N) is 1. The molecule has 0 aliphatic carbocycles. The third-order valence-corrected chi connectivity index (χ3v) is 3.67. The minimum absolute atomic E-state index is 0.130. The van der Waals surface area contributed by atoms with Gasteiger partial charge in [0.05, 0.1) is 26.9 Å². The number of halogens is 1. The fourth-order valence-corrected chi connectivity index (χ4v) is 2.26. The Morgan fingerprint density at radius 1 is 0.963 bits per heavy atom. The molecule has 2 rings (SSSR count). The monoisotopic (exact) mass is 377 g/mol. The van der Waals surface area contributed by atoms with Crippen LogP contribution in [0.3, 0.4) is 0 Å². The summed E-state index contributed by atoms with van der Waals surface area (Å²) in [4.78, 5) is 24.5. The van der Waals surface area contributed by atoms with Crippen LogP contribution in [0.5, 0.6) is 17.2 Å². The highest BCUT2D eigenvalue weighted by atomic mass is 19.1. The minimum atomic E-state index is -1.08. The zero-order valence-electron chi connectivity index (χ0n) is 15.4. The lowest BCUT2D eigenvalue weighted by molar-refractivity contribution is -0.123. The fraction of sp³-hybridized carbons (Fsp3) is 0.263. The predicted octanol–water partition coefficient (Wildman–Crippen LogP) is 3.04. The zero-order valence-corrected chi connectivity index (χ0v) is 15.4. The van der Waals surface area contributed by atoms with Gasteiger partial charge in [-0.2, -0.15) is 0 Å². The second-order valence-electron chi connectivity index (χ2n) is 5.46. The molecule has 2 aromatic carbocycles. The lowest BCUT2D eigenvalue weighted by Gasteiger charge is -2.16. The van der Waals surface area contributed by atoms with E-state index in [1.54, 1.807) is 0 Å². The molecule has 0 aliphatic rings. The largest absolute Gasteiger partial charge is 0.493 e. The number of ether oxygens (including phenoxy) is 4. The van der Waals surface area contributed by atoms with E-state index in [0.29, 0.717) is 11.4 Å². The number of anilines is 1. The average molecular weight is 377 g/mol. The zero-order chi connectivity index (χ0) is 20.0. The lowest BCUT2D eigenvalue weighted by atomic mass is 10.2. The second kappa shape index (κ2) is 8.88. The van der Waals surface area contributed by atoms with Crippen LogP contribution in [0.15, 0.2) is 36.4 Å². The Morgan fingerprint density at radius 2 is 1.52 bits per heavy atom. The molecule has 2 aromatic rings. The molecule has 1 atom stereocenters. The van der Waals surface area contributed by atoms with Crippen molar-refractivity contribution in [1.82, 2.24) is 0 Å². The Balaban J connectivity index is 2.11. The van der Waals surface area contributed by atoms with Crippen LogP contribution in [0.25, 0.3) is 0 Å². The van der Waals surface area contributed by atoms with E-state index in [1.807, 2.05) is 0 Å². The van der Waals surface area contributed by atoms with Crippen LogP contribution < -0.4 is 19.5 Å². The highest BCUT2D eigenvalue weighted by Gasteiger charge is 2.22. The number of rotatable bonds is 7. The van der Waals surface area contributed by atoms with Crippen molar-refractivity contribution >= 4 is 17.6 Å². The molecular weight excluding hydrogens is 357 g/mol. The molecule has 0 spiro atoms. The summed E-state index contributed by atoms with van der Waals surface area (Å²) in [6, 6.07) is 8.08. The van der Waals surface area contributed by atoms with Gasteiger partial charge in [-0.1, -0.05) is 0 Å². The number of esters is 1. The Hall–Kier alpha value is -3.29. The molecule has 0 bridgehead atoms. The standard InChI is InChI=1S/C19H20FNO6/c1-11(18(22)21-14-7-5-13(20)6-8-14)27-19(23)12-9-15(24-2)17(26-4)16(10-12)25-3/h5-11H,1-4H3,(H,21,22)/t11-/m0/s1. The van der Waals surface area contributed by atoms with E-state index in [2.05, 4.69) is 5.32 Å². The molecule has 1 N–H and O–H groups in total. The number of carbonyl (C=O) groups excluding carboxylic acids is 2. The van der Waals surface area contributed by atoms with Gasteiger partial charge in [0.1, 0.15) is 5.82 Å². The van der Waals surface area contributed by atoms with Crippen molar-refractivity contribution < 1.29 is 32.9 Å². The van der Waals surface area contributed by atoms with Crippen molar-refractivity contribution in [2.75, 3.05) is 26.6 Å². The van der Waals surface area contributed by atoms with Gasteiger partial charge in [0.25, 0.3) is 5.91 Å². The third-order valence-electron chi connectivity index (χ3n) is 3.67. The first-order valence-corrected chi connectivity index (χ1v) is 7.97. The number of benzene rings is 2. The van der Waals surface area contributed by atoms with Crippen LogP contribution in [0.4, 0.5) is 10.1 Å². The summed E-state index contributed by atoms with van der Waals surface area (Å²) in [7, 11) is 4.29. The van der Waals surface area contributed by atoms with Crippen LogP contribution in [-0.4, -0.2) is 39.3 Å². The van der Waals surface area contributed by atoms with Gasteiger partial charge in [-0.25, -0.2) is 9.18 Å². The summed E-state index contributed by atoms with van der Waals surface area (Å²) in [5, 5.41) is 2.54. The molecule has 0 radical (unpaired) electrons. The van der Waals surface area contributed by atoms with Crippen molar-refractivity contribution in [2.45, 2.75) is 13.0 Å². The molecule has 8 heteroatoms. The van der Waals surface area contributed by atoms with Crippen molar-refractivity contribution in [3.8, 4) is 17.2 Å². The van der Waals surface area contributed by atoms with Gasteiger partial charge in [0.15, 0.2) is 17.6 Å². The van der Waals surface area contributed by atoms with E-state index >= 15 is 0 Å². The molecule has 1 amide bonds. The van der Waals surface area contributed by atoms with E-state index in [1.165, 1.54) is 64.7 Å². The summed E-state index contributed by atoms with van der Waals surface area (Å²) in [5.74, 6) is -0.814. The Bertz CT molecular complexity index is 796. The van der Waals surface area contributed by atoms with Crippen molar-refractivity contribution in [1.29, 1.82) is 0 Å². The highest BCUT2D eigenvalue weighted by molar-refractivity contribution is 5.97. The molecule has 0 saturated heterocycles. The maximum Gasteiger partial charge on any atom is 0.339 e. The molecule has 0 heterocycles. The number of amides is 1. The van der Waals surface area contributed by atoms with Crippen molar-refractivity contribution in [2.24, 2.45) is 0 Å². The van der Waals surface area contributed by atoms with E-state index in [4.69, 9.17) is 18.9 Å². The molecule has 0 fully saturated rings. The Labute approximate surface area is 156 Å². The van der Waals surface area contributed by atoms with E-state index in [-0.39, 0.29) is 17.1 Å². The van der Waals surface area contributed by atoms with E-state index < -0.39 is 23.8 Å². The van der Waals surface area contributed by atoms with Crippen LogP contribution in [-0.2, 0) is 9.53 Å². The van der Waals surface area contributed by atoms with E-state index in [0.717, 1.165) is 0 Å². The molecule has 0 saturated carbocycles. The minimum Gasteiger partial charge on any atom is -0.493 e. The van der Waals surface area contributed by atoms with Gasteiger partial charge in [0.2, 0.25) is 5.75 Å². The average Bonchev–Trinajstić information content (AvgIpc) is 2.68. The van der Waals surface area contributed by atoms with E-state index in [9.17, 15) is 14.0 Å². The van der Waals surface area contributed by atoms with Gasteiger partial charge in [-0.3, -0.25) is 4.79 Å². The number of carbonyl (C=O) groups is 2. The topological polar surface area (TPSA) is 83.1 Å². The maximum atomic E-state index is 12.9. The van der Waals surface area contributed by atoms with Gasteiger partial charge >= 0.3 is 5.97 Å². The highest BCUT2D eigenvalue weighted by Crippen LogP contribution is 2.38. The van der Waals surface area contributed by atoms with Crippen LogP contribution in [0.2, 0.25) is 0 Å². The van der Waals surface area contributed by atoms with Gasteiger partial charge in [-0.15, -0.1) is 0 Å². The number of hydrogen-bond acceptors (Lipinski definition) is 6. The Kier molecular flexibility index (Phi) is 6.59. The van der Waals surface area contributed by atoms with Gasteiger partial charge in [-0.05, 0) is 43.3 Å². The first-order valence-electron chi connectivity index (χ1n) is 7.97. The number of hydrogen-bond donors (Lipinski definition) is 1. The summed E-state index contributed by atoms with van der Waals surface area (Å²) >= 11 is 0. The molecular formula is C19H20FNO6. The SMILES string of the molecule is COc1cc(C(=O)O[C@@H](C)C(=O)Nc2ccc(F)cc2)cc(OC)c1OC. The first-order chi connectivity index (χ1) is 12.9. The van der Waals surface area contributed by atoms with Gasteiger partial charge in [0, 0.05) is 5.69 Å². The second-order valence-corrected chi connectivity index (χ2v) is 5.46. The summed E-state index contributed by atoms with van der Waals surface area (Å²) in [6.45, 7) is 1.43. The molecule has 27 heavy (non-hydrogen) atoms. The van der Waals surface area contributed by atoms with Crippen molar-refractivity contribution in [3.63, 3.8) is 0 Å². The quantitative estimate of drug-likeness (QED) is 0.747. The van der Waals surface area contributed by atoms with Crippen molar-refractivity contribution in [3.05, 3.63) is 47.8 Å². The summed E-state index contributed by atoms with van der Waals surface area (Å²) in [6.07, 6.45) is -1.08. The number of methoxy groups -OCH3 is 3. The first kappa shape index (κ1) is 20.0. The van der Waals surface area contributed by atoms with Crippen LogP contribution >= 0.6 is 0 Å². The fourth-order valence-electron chi connectivity index (χ4n) is 2.26. The van der Waals surface area contributed by atoms with Crippen LogP contribution in [0.1, 0.15) is 17.3 Å². The molecule has 0 unspecified atom stereocenters. The maximum absolute atomic E-state index is 12.9. The normalized spacial score (nSPS) is 11.3. The smallest absolute Gasteiger partial charge is 0.339 e. The molecule has 0 aromatic heterocycles. The van der Waals surface area contributed by atoms with Crippen LogP contribution in [0, 0.1) is 5.82 Å².